The van der Waals surface area contributed by atoms with E-state index in [1.54, 1.807) is 26.0 Å². The molecule has 4 atom stereocenters. The van der Waals surface area contributed by atoms with E-state index in [2.05, 4.69) is 18.0 Å². The van der Waals surface area contributed by atoms with E-state index in [0.717, 1.165) is 21.5 Å². The Bertz CT molecular complexity index is 2400. The standard InChI is InChI=1S/C50H48N2O12/c1-31(2)47(53)59-20-8-6-18-57-40-16-14-35-22-33(10-12-37(35)26-40)24-39(28-51)49(55)63-43-29-61-46-44(30-62-45(43)46)64-50(56)42(52-5)25-34-11-13-38-27-41(17-15-36(38)23-34)58-19-7-9-21-60-48(54)32(3)4/h10-17,22-27,43-46H,1,3,6-9,18-21,29-30H2,2,4H3/b39-24+,42-25-/t43-,44+,45-,46-/m1/s1. The average molecular weight is 869 g/mol. The number of hydrogen-bond donors (Lipinski definition) is 0. The lowest BCUT2D eigenvalue weighted by Crippen LogP contribution is -2.36. The van der Waals surface area contributed by atoms with Crippen molar-refractivity contribution in [3.05, 3.63) is 131 Å². The van der Waals surface area contributed by atoms with Crippen molar-refractivity contribution < 1.29 is 57.1 Å². The fourth-order valence-corrected chi connectivity index (χ4v) is 6.84. The number of esters is 4. The van der Waals surface area contributed by atoms with Crippen molar-refractivity contribution in [1.82, 2.24) is 0 Å². The molecular formula is C50H48N2O12. The van der Waals surface area contributed by atoms with Crippen molar-refractivity contribution in [2.45, 2.75) is 63.9 Å². The highest BCUT2D eigenvalue weighted by molar-refractivity contribution is 5.99. The molecule has 330 valence electrons. The van der Waals surface area contributed by atoms with E-state index < -0.39 is 48.3 Å². The van der Waals surface area contributed by atoms with Crippen molar-refractivity contribution in [3.63, 3.8) is 0 Å². The summed E-state index contributed by atoms with van der Waals surface area (Å²) >= 11 is 0. The number of hydrogen-bond acceptors (Lipinski definition) is 13. The van der Waals surface area contributed by atoms with E-state index in [9.17, 15) is 24.4 Å². The number of carbonyl (C=O) groups is 4. The average Bonchev–Trinajstić information content (AvgIpc) is 3.88. The smallest absolute Gasteiger partial charge is 0.349 e. The highest BCUT2D eigenvalue weighted by Gasteiger charge is 2.51. The quantitative estimate of drug-likeness (QED) is 0.0209. The molecule has 2 aliphatic rings. The van der Waals surface area contributed by atoms with Crippen LogP contribution >= 0.6 is 0 Å². The first-order valence-corrected chi connectivity index (χ1v) is 20.8. The van der Waals surface area contributed by atoms with Gasteiger partial charge in [0.1, 0.15) is 35.3 Å². The van der Waals surface area contributed by atoms with Gasteiger partial charge in [-0.3, -0.25) is 4.79 Å². The summed E-state index contributed by atoms with van der Waals surface area (Å²) in [6.45, 7) is 19.4. The van der Waals surface area contributed by atoms with Gasteiger partial charge in [-0.05, 0) is 121 Å². The van der Waals surface area contributed by atoms with Crippen LogP contribution in [0.15, 0.2) is 108 Å². The fourth-order valence-electron chi connectivity index (χ4n) is 6.84. The molecule has 4 aromatic rings. The first-order valence-electron chi connectivity index (χ1n) is 20.8. The Hall–Kier alpha value is -7.26. The Labute approximate surface area is 371 Å². The Morgan fingerprint density at radius 2 is 1.09 bits per heavy atom. The molecule has 2 saturated heterocycles. The highest BCUT2D eigenvalue weighted by Crippen LogP contribution is 2.32. The molecule has 0 aliphatic carbocycles. The molecule has 0 saturated carbocycles. The molecule has 0 N–H and O–H groups in total. The molecule has 0 bridgehead atoms. The van der Waals surface area contributed by atoms with Gasteiger partial charge in [0.2, 0.25) is 0 Å². The van der Waals surface area contributed by atoms with Gasteiger partial charge in [-0.15, -0.1) is 0 Å². The van der Waals surface area contributed by atoms with Crippen LogP contribution in [0.5, 0.6) is 11.5 Å². The van der Waals surface area contributed by atoms with Gasteiger partial charge in [0.05, 0.1) is 46.2 Å². The summed E-state index contributed by atoms with van der Waals surface area (Å²) in [6.07, 6.45) is 2.38. The lowest BCUT2D eigenvalue weighted by atomic mass is 10.0. The topological polar surface area (TPSA) is 170 Å². The first-order chi connectivity index (χ1) is 30.9. The van der Waals surface area contributed by atoms with Crippen LogP contribution in [0.4, 0.5) is 0 Å². The van der Waals surface area contributed by atoms with Gasteiger partial charge >= 0.3 is 23.9 Å². The Kier molecular flexibility index (Phi) is 16.0. The number of nitrogens with zero attached hydrogens (tertiary/aromatic N) is 2. The van der Waals surface area contributed by atoms with Crippen LogP contribution in [0, 0.1) is 17.9 Å². The number of ether oxygens (including phenoxy) is 8. The number of unbranched alkanes of at least 4 members (excludes halogenated alkanes) is 2. The van der Waals surface area contributed by atoms with Gasteiger partial charge in [0.15, 0.2) is 12.2 Å². The van der Waals surface area contributed by atoms with Crippen LogP contribution in [0.3, 0.4) is 0 Å². The van der Waals surface area contributed by atoms with Crippen molar-refractivity contribution in [3.8, 4) is 17.6 Å². The maximum Gasteiger partial charge on any atom is 0.349 e. The Morgan fingerprint density at radius 3 is 1.56 bits per heavy atom. The molecule has 0 aromatic heterocycles. The van der Waals surface area contributed by atoms with Crippen LogP contribution in [0.2, 0.25) is 0 Å². The third-order valence-corrected chi connectivity index (χ3v) is 10.2. The minimum Gasteiger partial charge on any atom is -0.494 e. The molecule has 2 fully saturated rings. The zero-order valence-corrected chi connectivity index (χ0v) is 35.7. The zero-order valence-electron chi connectivity index (χ0n) is 35.7. The lowest BCUT2D eigenvalue weighted by Gasteiger charge is -2.17. The molecule has 2 heterocycles. The summed E-state index contributed by atoms with van der Waals surface area (Å²) in [7, 11) is 0. The van der Waals surface area contributed by atoms with Gasteiger partial charge in [0.25, 0.3) is 5.70 Å². The lowest BCUT2D eigenvalue weighted by molar-refractivity contribution is -0.150. The molecule has 64 heavy (non-hydrogen) atoms. The second kappa shape index (κ2) is 22.2. The second-order valence-corrected chi connectivity index (χ2v) is 15.3. The molecule has 14 nitrogen and oxygen atoms in total. The van der Waals surface area contributed by atoms with Crippen LogP contribution < -0.4 is 9.47 Å². The molecule has 0 unspecified atom stereocenters. The van der Waals surface area contributed by atoms with Crippen LogP contribution in [0.25, 0.3) is 38.5 Å². The van der Waals surface area contributed by atoms with E-state index in [0.29, 0.717) is 85.9 Å². The van der Waals surface area contributed by atoms with E-state index in [1.165, 1.54) is 12.2 Å². The summed E-state index contributed by atoms with van der Waals surface area (Å²) in [5.74, 6) is -1.16. The molecule has 4 aromatic carbocycles. The molecule has 14 heteroatoms. The van der Waals surface area contributed by atoms with Crippen molar-refractivity contribution >= 4 is 57.6 Å². The minimum atomic E-state index is -0.864. The maximum absolute atomic E-state index is 13.2. The van der Waals surface area contributed by atoms with Gasteiger partial charge in [-0.2, -0.15) is 5.26 Å². The van der Waals surface area contributed by atoms with Crippen molar-refractivity contribution in [2.75, 3.05) is 39.6 Å². The summed E-state index contributed by atoms with van der Waals surface area (Å²) in [4.78, 5) is 52.8. The molecule has 2 aliphatic heterocycles. The maximum atomic E-state index is 13.2. The summed E-state index contributed by atoms with van der Waals surface area (Å²) in [6, 6.07) is 24.1. The van der Waals surface area contributed by atoms with E-state index in [1.807, 2.05) is 66.7 Å². The number of carbonyl (C=O) groups excluding carboxylic acids is 4. The largest absolute Gasteiger partial charge is 0.494 e. The van der Waals surface area contributed by atoms with Gasteiger partial charge in [-0.1, -0.05) is 49.6 Å². The van der Waals surface area contributed by atoms with Gasteiger partial charge < -0.3 is 37.9 Å². The summed E-state index contributed by atoms with van der Waals surface area (Å²) < 4.78 is 45.0. The minimum absolute atomic E-state index is 0.0407. The van der Waals surface area contributed by atoms with Crippen LogP contribution in [0.1, 0.15) is 50.7 Å². The van der Waals surface area contributed by atoms with Crippen LogP contribution in [-0.4, -0.2) is 87.9 Å². The molecular weight excluding hydrogens is 821 g/mol. The summed E-state index contributed by atoms with van der Waals surface area (Å²) in [5, 5.41) is 13.4. The van der Waals surface area contributed by atoms with Crippen molar-refractivity contribution in [2.24, 2.45) is 0 Å². The van der Waals surface area contributed by atoms with E-state index in [4.69, 9.17) is 44.5 Å². The predicted molar refractivity (Wildman–Crippen MR) is 236 cm³/mol. The Morgan fingerprint density at radius 1 is 0.656 bits per heavy atom. The second-order valence-electron chi connectivity index (χ2n) is 15.3. The predicted octanol–water partition coefficient (Wildman–Crippen LogP) is 8.04. The number of nitriles is 1. The van der Waals surface area contributed by atoms with E-state index in [-0.39, 0.29) is 24.5 Å². The first kappa shape index (κ1) is 46.2. The fraction of sp³-hybridized carbons (Fsp3) is 0.320. The normalized spacial score (nSPS) is 18.0. The van der Waals surface area contributed by atoms with Gasteiger partial charge in [0, 0.05) is 11.1 Å². The highest BCUT2D eigenvalue weighted by atomic mass is 16.7. The number of fused-ring (bicyclic) bond motifs is 3. The third-order valence-electron chi connectivity index (χ3n) is 10.2. The SMILES string of the molecule is [C-]#[N+]/C(=C\c1ccc2cc(OCCCCOC(=O)C(=C)C)ccc2c1)C(=O)O[C@H]1CO[C@H]2[C@@H]1OC[C@H]2OC(=O)/C(C#N)=C/c1ccc2cc(OCCCCOC(=O)C(=C)C)ccc2c1. The molecule has 6 rings (SSSR count). The molecule has 0 spiro atoms. The number of benzene rings is 4. The zero-order chi connectivity index (χ0) is 45.6. The van der Waals surface area contributed by atoms with Crippen molar-refractivity contribution in [1.29, 1.82) is 5.26 Å². The van der Waals surface area contributed by atoms with Crippen LogP contribution in [-0.2, 0) is 47.6 Å². The third kappa shape index (κ3) is 12.4. The molecule has 0 amide bonds. The summed E-state index contributed by atoms with van der Waals surface area (Å²) in [5.41, 5.74) is 1.49. The molecule has 0 radical (unpaired) electrons. The van der Waals surface area contributed by atoms with E-state index >= 15 is 0 Å². The number of rotatable bonds is 20. The van der Waals surface area contributed by atoms with Gasteiger partial charge in [-0.25, -0.2) is 19.2 Å². The monoisotopic (exact) mass is 868 g/mol. The Balaban J connectivity index is 0.973.